The van der Waals surface area contributed by atoms with Crippen molar-refractivity contribution < 1.29 is 18.6 Å². The number of aromatic hydroxyl groups is 1. The van der Waals surface area contributed by atoms with Crippen molar-refractivity contribution in [3.8, 4) is 11.5 Å². The Morgan fingerprint density at radius 2 is 2.12 bits per heavy atom. The third kappa shape index (κ3) is 1.43. The van der Waals surface area contributed by atoms with Gasteiger partial charge in [0.05, 0.1) is 7.11 Å². The molecule has 0 saturated heterocycles. The van der Waals surface area contributed by atoms with Crippen LogP contribution in [0.2, 0.25) is 0 Å². The molecule has 3 N–H and O–H groups in total. The van der Waals surface area contributed by atoms with Crippen LogP contribution < -0.4 is 10.5 Å². The van der Waals surface area contributed by atoms with Crippen LogP contribution in [0.5, 0.6) is 11.5 Å². The molecule has 2 rings (SSSR count). The first-order valence-corrected chi connectivity index (χ1v) is 5.01. The molecule has 0 atom stereocenters. The van der Waals surface area contributed by atoms with Gasteiger partial charge >= 0.3 is 0 Å². The van der Waals surface area contributed by atoms with E-state index in [0.29, 0.717) is 0 Å². The molecular weight excluding hydrogens is 216 g/mol. The Morgan fingerprint density at radius 1 is 1.50 bits per heavy atom. The fraction of sp³-hybridized carbons (Fsp3) is 0.455. The molecule has 16 heavy (non-hydrogen) atoms. The molecule has 1 aromatic rings. The zero-order chi connectivity index (χ0) is 11.9. The summed E-state index contributed by atoms with van der Waals surface area (Å²) in [6.45, 7) is 0.270. The van der Waals surface area contributed by atoms with E-state index in [1.54, 1.807) is 0 Å². The van der Waals surface area contributed by atoms with Crippen LogP contribution in [0.25, 0.3) is 0 Å². The van der Waals surface area contributed by atoms with E-state index in [9.17, 15) is 13.9 Å². The molecule has 5 heteroatoms. The van der Waals surface area contributed by atoms with Crippen molar-refractivity contribution in [3.05, 3.63) is 23.3 Å². The Morgan fingerprint density at radius 3 is 2.56 bits per heavy atom. The summed E-state index contributed by atoms with van der Waals surface area (Å²) in [5, 5.41) is 9.66. The highest BCUT2D eigenvalue weighted by Crippen LogP contribution is 2.52. The number of halogens is 2. The monoisotopic (exact) mass is 229 g/mol. The van der Waals surface area contributed by atoms with E-state index >= 15 is 0 Å². The van der Waals surface area contributed by atoms with E-state index in [1.165, 1.54) is 0 Å². The van der Waals surface area contributed by atoms with E-state index in [-0.39, 0.29) is 12.1 Å². The largest absolute Gasteiger partial charge is 0.505 e. The Balaban J connectivity index is 2.57. The maximum absolute atomic E-state index is 13.6. The summed E-state index contributed by atoms with van der Waals surface area (Å²) in [4.78, 5) is 0. The Bertz CT molecular complexity index is 430. The van der Waals surface area contributed by atoms with Crippen molar-refractivity contribution in [2.45, 2.75) is 18.3 Å². The fourth-order valence-electron chi connectivity index (χ4n) is 1.92. The molecule has 3 nitrogen and oxygen atoms in total. The lowest BCUT2D eigenvalue weighted by Gasteiger charge is -2.16. The van der Waals surface area contributed by atoms with Crippen molar-refractivity contribution in [1.82, 2.24) is 0 Å². The first-order chi connectivity index (χ1) is 7.55. The molecule has 0 aliphatic heterocycles. The maximum atomic E-state index is 13.6. The summed E-state index contributed by atoms with van der Waals surface area (Å²) in [5.41, 5.74) is 5.33. The minimum atomic E-state index is -1.06. The second-order valence-corrected chi connectivity index (χ2v) is 4.09. The smallest absolute Gasteiger partial charge is 0.209 e. The molecular formula is C11H13F2NO2. The van der Waals surface area contributed by atoms with Gasteiger partial charge in [-0.15, -0.1) is 0 Å². The molecule has 0 heterocycles. The first-order valence-electron chi connectivity index (χ1n) is 5.01. The van der Waals surface area contributed by atoms with Crippen LogP contribution in [-0.4, -0.2) is 18.8 Å². The Labute approximate surface area is 91.8 Å². The molecule has 0 radical (unpaired) electrons. The normalized spacial score (nSPS) is 17.2. The summed E-state index contributed by atoms with van der Waals surface area (Å²) in [5.74, 6) is -2.99. The number of benzene rings is 1. The quantitative estimate of drug-likeness (QED) is 0.828. The highest BCUT2D eigenvalue weighted by molar-refractivity contribution is 5.49. The van der Waals surface area contributed by atoms with Crippen molar-refractivity contribution in [3.63, 3.8) is 0 Å². The van der Waals surface area contributed by atoms with Crippen molar-refractivity contribution in [2.75, 3.05) is 13.7 Å². The SMILES string of the molecule is COc1c(F)cc(C2(CN)CC2)c(O)c1F. The van der Waals surface area contributed by atoms with Crippen LogP contribution in [0.15, 0.2) is 6.07 Å². The number of rotatable bonds is 3. The summed E-state index contributed by atoms with van der Waals surface area (Å²) >= 11 is 0. The van der Waals surface area contributed by atoms with E-state index < -0.39 is 28.5 Å². The number of methoxy groups -OCH3 is 1. The van der Waals surface area contributed by atoms with E-state index in [1.807, 2.05) is 0 Å². The van der Waals surface area contributed by atoms with Gasteiger partial charge in [-0.1, -0.05) is 0 Å². The van der Waals surface area contributed by atoms with Crippen molar-refractivity contribution >= 4 is 0 Å². The number of nitrogens with two attached hydrogens (primary N) is 1. The topological polar surface area (TPSA) is 55.5 Å². The van der Waals surface area contributed by atoms with Gasteiger partial charge in [0, 0.05) is 17.5 Å². The first kappa shape index (κ1) is 11.1. The number of ether oxygens (including phenoxy) is 1. The number of hydrogen-bond donors (Lipinski definition) is 2. The Hall–Kier alpha value is -1.36. The van der Waals surface area contributed by atoms with Gasteiger partial charge < -0.3 is 15.6 Å². The average molecular weight is 229 g/mol. The second kappa shape index (κ2) is 3.59. The standard InChI is InChI=1S/C11H13F2NO2/c1-16-10-7(12)4-6(9(15)8(10)13)11(5-14)2-3-11/h4,15H,2-3,5,14H2,1H3. The summed E-state index contributed by atoms with van der Waals surface area (Å²) < 4.78 is 31.6. The second-order valence-electron chi connectivity index (χ2n) is 4.09. The highest BCUT2D eigenvalue weighted by Gasteiger charge is 2.46. The summed E-state index contributed by atoms with van der Waals surface area (Å²) in [7, 11) is 1.15. The molecule has 0 amide bonds. The summed E-state index contributed by atoms with van der Waals surface area (Å²) in [6.07, 6.45) is 1.48. The van der Waals surface area contributed by atoms with E-state index in [4.69, 9.17) is 5.73 Å². The van der Waals surface area contributed by atoms with Gasteiger partial charge in [-0.3, -0.25) is 0 Å². The lowest BCUT2D eigenvalue weighted by molar-refractivity contribution is 0.338. The Kier molecular flexibility index (Phi) is 2.50. The number of phenolic OH excluding ortho intramolecular Hbond substituents is 1. The summed E-state index contributed by atoms with van der Waals surface area (Å²) in [6, 6.07) is 1.11. The number of phenols is 1. The lowest BCUT2D eigenvalue weighted by Crippen LogP contribution is -2.20. The minimum absolute atomic E-state index is 0.241. The van der Waals surface area contributed by atoms with Crippen molar-refractivity contribution in [1.29, 1.82) is 0 Å². The third-order valence-electron chi connectivity index (χ3n) is 3.17. The predicted octanol–water partition coefficient (Wildman–Crippen LogP) is 1.67. The van der Waals surface area contributed by atoms with Crippen LogP contribution >= 0.6 is 0 Å². The maximum Gasteiger partial charge on any atom is 0.209 e. The minimum Gasteiger partial charge on any atom is -0.505 e. The van der Waals surface area contributed by atoms with Crippen molar-refractivity contribution in [2.24, 2.45) is 5.73 Å². The van der Waals surface area contributed by atoms with Gasteiger partial charge in [-0.2, -0.15) is 4.39 Å². The van der Waals surface area contributed by atoms with E-state index in [2.05, 4.69) is 4.74 Å². The molecule has 88 valence electrons. The van der Waals surface area contributed by atoms with Gasteiger partial charge in [0.25, 0.3) is 0 Å². The fourth-order valence-corrected chi connectivity index (χ4v) is 1.92. The molecule has 1 fully saturated rings. The molecule has 0 aromatic heterocycles. The molecule has 1 aliphatic rings. The molecule has 0 unspecified atom stereocenters. The van der Waals surface area contributed by atoms with Gasteiger partial charge in [-0.05, 0) is 18.9 Å². The molecule has 0 bridgehead atoms. The van der Waals surface area contributed by atoms with Crippen LogP contribution in [0.1, 0.15) is 18.4 Å². The van der Waals surface area contributed by atoms with Gasteiger partial charge in [0.15, 0.2) is 17.3 Å². The van der Waals surface area contributed by atoms with Gasteiger partial charge in [0.2, 0.25) is 5.82 Å². The van der Waals surface area contributed by atoms with Crippen LogP contribution in [0.3, 0.4) is 0 Å². The van der Waals surface area contributed by atoms with Crippen LogP contribution in [0.4, 0.5) is 8.78 Å². The number of hydrogen-bond acceptors (Lipinski definition) is 3. The average Bonchev–Trinajstić information content (AvgIpc) is 3.05. The molecule has 1 aromatic carbocycles. The zero-order valence-electron chi connectivity index (χ0n) is 8.89. The van der Waals surface area contributed by atoms with Gasteiger partial charge in [-0.25, -0.2) is 4.39 Å². The van der Waals surface area contributed by atoms with Crippen LogP contribution in [0, 0.1) is 11.6 Å². The molecule has 0 spiro atoms. The molecule has 1 aliphatic carbocycles. The lowest BCUT2D eigenvalue weighted by atomic mass is 9.94. The predicted molar refractivity (Wildman–Crippen MR) is 54.5 cm³/mol. The van der Waals surface area contributed by atoms with E-state index in [0.717, 1.165) is 26.0 Å². The zero-order valence-corrected chi connectivity index (χ0v) is 8.89. The highest BCUT2D eigenvalue weighted by atomic mass is 19.1. The molecule has 1 saturated carbocycles. The third-order valence-corrected chi connectivity index (χ3v) is 3.17. The van der Waals surface area contributed by atoms with Crippen LogP contribution in [-0.2, 0) is 5.41 Å². The van der Waals surface area contributed by atoms with Gasteiger partial charge in [0.1, 0.15) is 0 Å².